The van der Waals surface area contributed by atoms with E-state index >= 15 is 0 Å². The van der Waals surface area contributed by atoms with Crippen molar-refractivity contribution in [3.63, 3.8) is 0 Å². The number of amides is 1. The maximum absolute atomic E-state index is 13.1. The molecule has 0 saturated carbocycles. The van der Waals surface area contributed by atoms with Gasteiger partial charge in [-0.25, -0.2) is 0 Å². The summed E-state index contributed by atoms with van der Waals surface area (Å²) in [6.45, 7) is 1.92. The number of β-lactam (4-membered cyclic amide) rings is 1. The number of rotatable bonds is 2. The van der Waals surface area contributed by atoms with Gasteiger partial charge in [0, 0.05) is 18.6 Å². The van der Waals surface area contributed by atoms with Gasteiger partial charge >= 0.3 is 0 Å². The summed E-state index contributed by atoms with van der Waals surface area (Å²) in [5.41, 5.74) is 1.70. The van der Waals surface area contributed by atoms with Crippen molar-refractivity contribution in [2.24, 2.45) is 5.41 Å². The van der Waals surface area contributed by atoms with E-state index in [1.165, 1.54) is 0 Å². The maximum atomic E-state index is 13.1. The van der Waals surface area contributed by atoms with E-state index in [1.54, 1.807) is 18.6 Å². The van der Waals surface area contributed by atoms with E-state index < -0.39 is 0 Å². The summed E-state index contributed by atoms with van der Waals surface area (Å²) in [6.07, 6.45) is 8.97. The summed E-state index contributed by atoms with van der Waals surface area (Å²) < 4.78 is 0. The molecular formula is C18H20N4O. The van der Waals surface area contributed by atoms with Gasteiger partial charge in [-0.15, -0.1) is 0 Å². The van der Waals surface area contributed by atoms with Crippen molar-refractivity contribution < 1.29 is 4.79 Å². The number of hydrogen-bond donors (Lipinski definition) is 0. The molecule has 2 aliphatic rings. The second-order valence-corrected chi connectivity index (χ2v) is 6.53. The topological polar surface area (TPSA) is 49.3 Å². The van der Waals surface area contributed by atoms with Crippen LogP contribution in [0.1, 0.15) is 24.4 Å². The molecule has 0 aliphatic carbocycles. The number of hydrogen-bond acceptors (Lipinski definition) is 4. The summed E-state index contributed by atoms with van der Waals surface area (Å²) in [5.74, 6) is 0.229. The first-order valence-electron chi connectivity index (χ1n) is 8.04. The average molecular weight is 308 g/mol. The van der Waals surface area contributed by atoms with Crippen LogP contribution in [0.4, 0.5) is 5.69 Å². The Hall–Kier alpha value is -2.27. The van der Waals surface area contributed by atoms with Crippen LogP contribution in [0.15, 0.2) is 49.1 Å². The standard InChI is InChI=1S/C18H20N4O/c1-21-10-6-18(7-11-21)16(14-4-2-8-19-12-14)22(17(18)23)15-5-3-9-20-13-15/h2-5,8-9,12-13,16H,6-7,10-11H2,1H3. The Bertz CT molecular complexity index is 695. The number of aromatic nitrogens is 2. The predicted octanol–water partition coefficient (Wildman–Crippen LogP) is 2.28. The third-order valence-electron chi connectivity index (χ3n) is 5.23. The van der Waals surface area contributed by atoms with Crippen molar-refractivity contribution in [3.05, 3.63) is 54.6 Å². The Balaban J connectivity index is 1.75. The molecule has 1 atom stereocenters. The molecule has 2 aliphatic heterocycles. The highest BCUT2D eigenvalue weighted by molar-refractivity contribution is 6.06. The molecule has 2 fully saturated rings. The fourth-order valence-electron chi connectivity index (χ4n) is 3.93. The Kier molecular flexibility index (Phi) is 3.38. The minimum absolute atomic E-state index is 0.0570. The molecule has 0 radical (unpaired) electrons. The SMILES string of the molecule is CN1CCC2(CC1)C(=O)N(c1cccnc1)C2c1cccnc1. The minimum atomic E-state index is -0.286. The van der Waals surface area contributed by atoms with E-state index in [0.29, 0.717) is 0 Å². The summed E-state index contributed by atoms with van der Waals surface area (Å²) in [6, 6.07) is 7.91. The lowest BCUT2D eigenvalue weighted by atomic mass is 9.62. The van der Waals surface area contributed by atoms with Crippen LogP contribution in [-0.2, 0) is 4.79 Å². The highest BCUT2D eigenvalue weighted by Gasteiger charge is 2.61. The van der Waals surface area contributed by atoms with Crippen LogP contribution in [0.3, 0.4) is 0 Å². The summed E-state index contributed by atoms with van der Waals surface area (Å²) in [4.78, 5) is 25.7. The highest BCUT2D eigenvalue weighted by atomic mass is 16.2. The first-order valence-corrected chi connectivity index (χ1v) is 8.04. The highest BCUT2D eigenvalue weighted by Crippen LogP contribution is 2.57. The Morgan fingerprint density at radius 1 is 1.09 bits per heavy atom. The van der Waals surface area contributed by atoms with Crippen LogP contribution < -0.4 is 4.90 Å². The van der Waals surface area contributed by atoms with Crippen LogP contribution in [-0.4, -0.2) is 40.9 Å². The zero-order valence-electron chi connectivity index (χ0n) is 13.2. The fourth-order valence-corrected chi connectivity index (χ4v) is 3.93. The molecule has 2 aromatic heterocycles. The number of pyridine rings is 2. The number of carbonyl (C=O) groups excluding carboxylic acids is 1. The molecule has 2 saturated heterocycles. The monoisotopic (exact) mass is 308 g/mol. The summed E-state index contributed by atoms with van der Waals surface area (Å²) in [5, 5.41) is 0. The fraction of sp³-hybridized carbons (Fsp3) is 0.389. The van der Waals surface area contributed by atoms with Gasteiger partial charge in [-0.05, 0) is 56.7 Å². The van der Waals surface area contributed by atoms with Crippen LogP contribution in [0, 0.1) is 5.41 Å². The van der Waals surface area contributed by atoms with Crippen LogP contribution in [0.25, 0.3) is 0 Å². The largest absolute Gasteiger partial charge is 0.306 e. The van der Waals surface area contributed by atoms with Crippen molar-refractivity contribution in [1.82, 2.24) is 14.9 Å². The van der Waals surface area contributed by atoms with E-state index in [0.717, 1.165) is 37.2 Å². The Morgan fingerprint density at radius 3 is 2.39 bits per heavy atom. The third kappa shape index (κ3) is 2.15. The van der Waals surface area contributed by atoms with Crippen LogP contribution >= 0.6 is 0 Å². The second kappa shape index (κ2) is 5.42. The lowest BCUT2D eigenvalue weighted by Crippen LogP contribution is -2.66. The average Bonchev–Trinajstić information content (AvgIpc) is 2.61. The van der Waals surface area contributed by atoms with E-state index in [2.05, 4.69) is 28.0 Å². The first-order chi connectivity index (χ1) is 11.2. The number of piperidine rings is 1. The van der Waals surface area contributed by atoms with Crippen LogP contribution in [0.2, 0.25) is 0 Å². The molecule has 0 N–H and O–H groups in total. The minimum Gasteiger partial charge on any atom is -0.306 e. The number of carbonyl (C=O) groups is 1. The zero-order chi connectivity index (χ0) is 15.9. The molecular weight excluding hydrogens is 288 g/mol. The van der Waals surface area contributed by atoms with E-state index in [-0.39, 0.29) is 17.4 Å². The molecule has 118 valence electrons. The first kappa shape index (κ1) is 14.3. The van der Waals surface area contributed by atoms with Crippen molar-refractivity contribution in [2.75, 3.05) is 25.0 Å². The summed E-state index contributed by atoms with van der Waals surface area (Å²) >= 11 is 0. The molecule has 1 amide bonds. The Labute approximate surface area is 136 Å². The normalized spacial score (nSPS) is 23.8. The molecule has 4 heterocycles. The van der Waals surface area contributed by atoms with Gasteiger partial charge in [0.15, 0.2) is 0 Å². The van der Waals surface area contributed by atoms with Gasteiger partial charge in [0.25, 0.3) is 0 Å². The van der Waals surface area contributed by atoms with Gasteiger partial charge in [0.05, 0.1) is 23.3 Å². The molecule has 0 aromatic carbocycles. The molecule has 0 bridgehead atoms. The lowest BCUT2D eigenvalue weighted by Gasteiger charge is -2.58. The van der Waals surface area contributed by atoms with Crippen molar-refractivity contribution in [3.8, 4) is 0 Å². The van der Waals surface area contributed by atoms with Gasteiger partial charge in [0.1, 0.15) is 0 Å². The van der Waals surface area contributed by atoms with Gasteiger partial charge in [-0.1, -0.05) is 6.07 Å². The van der Waals surface area contributed by atoms with Crippen molar-refractivity contribution >= 4 is 11.6 Å². The van der Waals surface area contributed by atoms with E-state index in [9.17, 15) is 4.79 Å². The molecule has 4 rings (SSSR count). The predicted molar refractivity (Wildman–Crippen MR) is 87.9 cm³/mol. The lowest BCUT2D eigenvalue weighted by molar-refractivity contribution is -0.144. The maximum Gasteiger partial charge on any atom is 0.236 e. The van der Waals surface area contributed by atoms with Gasteiger partial charge in [-0.2, -0.15) is 0 Å². The zero-order valence-corrected chi connectivity index (χ0v) is 13.2. The number of anilines is 1. The summed E-state index contributed by atoms with van der Waals surface area (Å²) in [7, 11) is 2.12. The van der Waals surface area contributed by atoms with Crippen molar-refractivity contribution in [1.29, 1.82) is 0 Å². The third-order valence-corrected chi connectivity index (χ3v) is 5.23. The van der Waals surface area contributed by atoms with E-state index in [4.69, 9.17) is 0 Å². The molecule has 23 heavy (non-hydrogen) atoms. The van der Waals surface area contributed by atoms with Gasteiger partial charge < -0.3 is 9.80 Å². The number of likely N-dealkylation sites (tertiary alicyclic amines) is 1. The quantitative estimate of drug-likeness (QED) is 0.799. The molecule has 5 heteroatoms. The van der Waals surface area contributed by atoms with Gasteiger partial charge in [0.2, 0.25) is 5.91 Å². The van der Waals surface area contributed by atoms with Crippen molar-refractivity contribution in [2.45, 2.75) is 18.9 Å². The van der Waals surface area contributed by atoms with Gasteiger partial charge in [-0.3, -0.25) is 14.8 Å². The Morgan fingerprint density at radius 2 is 1.78 bits per heavy atom. The smallest absolute Gasteiger partial charge is 0.236 e. The molecule has 1 unspecified atom stereocenters. The molecule has 1 spiro atoms. The molecule has 5 nitrogen and oxygen atoms in total. The number of nitrogens with zero attached hydrogens (tertiary/aromatic N) is 4. The molecule has 2 aromatic rings. The van der Waals surface area contributed by atoms with Crippen LogP contribution in [0.5, 0.6) is 0 Å². The van der Waals surface area contributed by atoms with E-state index in [1.807, 2.05) is 29.3 Å². The second-order valence-electron chi connectivity index (χ2n) is 6.53.